The highest BCUT2D eigenvalue weighted by molar-refractivity contribution is 6.32. The quantitative estimate of drug-likeness (QED) is 0.826. The van der Waals surface area contributed by atoms with E-state index in [2.05, 4.69) is 9.72 Å². The third-order valence-corrected chi connectivity index (χ3v) is 1.58. The molecule has 13 heavy (non-hydrogen) atoms. The van der Waals surface area contributed by atoms with Crippen LogP contribution in [-0.4, -0.2) is 16.7 Å². The number of alkyl halides is 2. The molecule has 0 aromatic carbocycles. The van der Waals surface area contributed by atoms with Crippen molar-refractivity contribution in [1.29, 1.82) is 0 Å². The van der Waals surface area contributed by atoms with Gasteiger partial charge in [-0.05, 0) is 6.07 Å². The van der Waals surface area contributed by atoms with Crippen molar-refractivity contribution in [3.05, 3.63) is 23.0 Å². The van der Waals surface area contributed by atoms with Crippen LogP contribution < -0.4 is 4.74 Å². The molecule has 1 N–H and O–H groups in total. The van der Waals surface area contributed by atoms with Crippen LogP contribution in [0.5, 0.6) is 5.75 Å². The highest BCUT2D eigenvalue weighted by atomic mass is 35.5. The molecule has 0 aliphatic heterocycles. The first kappa shape index (κ1) is 10.1. The van der Waals surface area contributed by atoms with Crippen molar-refractivity contribution in [3.63, 3.8) is 0 Å². The molecule has 0 aliphatic rings. The zero-order chi connectivity index (χ0) is 9.84. The Kier molecular flexibility index (Phi) is 3.39. The minimum absolute atomic E-state index is 0.000602. The fraction of sp³-hybridized carbons (Fsp3) is 0.286. The van der Waals surface area contributed by atoms with Crippen LogP contribution in [0, 0.1) is 0 Å². The van der Waals surface area contributed by atoms with E-state index >= 15 is 0 Å². The predicted molar refractivity (Wildman–Crippen MR) is 41.8 cm³/mol. The van der Waals surface area contributed by atoms with Crippen LogP contribution in [0.25, 0.3) is 0 Å². The topological polar surface area (TPSA) is 42.4 Å². The van der Waals surface area contributed by atoms with Gasteiger partial charge in [-0.1, -0.05) is 11.6 Å². The third kappa shape index (κ3) is 2.50. The lowest BCUT2D eigenvalue weighted by Gasteiger charge is -2.08. The maximum absolute atomic E-state index is 11.8. The smallest absolute Gasteiger partial charge is 0.387 e. The number of rotatable bonds is 3. The Morgan fingerprint density at radius 2 is 2.31 bits per heavy atom. The Hall–Kier alpha value is -0.940. The first-order valence-electron chi connectivity index (χ1n) is 3.34. The second-order valence-electron chi connectivity index (χ2n) is 2.11. The Labute approximate surface area is 77.9 Å². The number of nitrogens with zero attached hydrogens (tertiary/aromatic N) is 1. The number of hydrogen-bond acceptors (Lipinski definition) is 3. The van der Waals surface area contributed by atoms with Gasteiger partial charge in [0.15, 0.2) is 5.75 Å². The van der Waals surface area contributed by atoms with Crippen molar-refractivity contribution in [1.82, 2.24) is 4.98 Å². The summed E-state index contributed by atoms with van der Waals surface area (Å²) in [6.07, 6.45) is 1.30. The molecule has 0 radical (unpaired) electrons. The average molecular weight is 210 g/mol. The minimum atomic E-state index is -2.98. The molecular formula is C7H6ClF2NO2. The van der Waals surface area contributed by atoms with E-state index in [9.17, 15) is 8.78 Å². The van der Waals surface area contributed by atoms with E-state index in [-0.39, 0.29) is 16.5 Å². The van der Waals surface area contributed by atoms with E-state index in [1.807, 2.05) is 0 Å². The molecule has 0 bridgehead atoms. The maximum Gasteiger partial charge on any atom is 0.387 e. The highest BCUT2D eigenvalue weighted by Crippen LogP contribution is 2.28. The van der Waals surface area contributed by atoms with Crippen molar-refractivity contribution in [2.45, 2.75) is 13.2 Å². The summed E-state index contributed by atoms with van der Waals surface area (Å²) in [4.78, 5) is 3.62. The van der Waals surface area contributed by atoms with Crippen molar-refractivity contribution in [2.24, 2.45) is 0 Å². The molecule has 6 heteroatoms. The van der Waals surface area contributed by atoms with Crippen LogP contribution >= 0.6 is 11.6 Å². The van der Waals surface area contributed by atoms with Gasteiger partial charge in [0.25, 0.3) is 0 Å². The second kappa shape index (κ2) is 4.34. The largest absolute Gasteiger partial charge is 0.431 e. The van der Waals surface area contributed by atoms with Crippen LogP contribution in [-0.2, 0) is 6.61 Å². The SMILES string of the molecule is OCc1nccc(Cl)c1OC(F)F. The molecule has 0 atom stereocenters. The second-order valence-corrected chi connectivity index (χ2v) is 2.51. The summed E-state index contributed by atoms with van der Waals surface area (Å²) in [5, 5.41) is 8.71. The summed E-state index contributed by atoms with van der Waals surface area (Å²) >= 11 is 5.54. The van der Waals surface area contributed by atoms with E-state index in [1.54, 1.807) is 0 Å². The summed E-state index contributed by atoms with van der Waals surface area (Å²) in [5.74, 6) is -0.276. The fourth-order valence-corrected chi connectivity index (χ4v) is 1.00. The van der Waals surface area contributed by atoms with E-state index in [0.29, 0.717) is 0 Å². The van der Waals surface area contributed by atoms with Crippen molar-refractivity contribution in [2.75, 3.05) is 0 Å². The Morgan fingerprint density at radius 1 is 1.62 bits per heavy atom. The number of aliphatic hydroxyl groups excluding tert-OH is 1. The normalized spacial score (nSPS) is 10.5. The molecule has 0 spiro atoms. The van der Waals surface area contributed by atoms with Crippen molar-refractivity contribution >= 4 is 11.6 Å². The van der Waals surface area contributed by atoms with Gasteiger partial charge >= 0.3 is 6.61 Å². The molecule has 0 amide bonds. The van der Waals surface area contributed by atoms with Crippen LogP contribution in [0.3, 0.4) is 0 Å². The maximum atomic E-state index is 11.8. The molecule has 0 fully saturated rings. The van der Waals surface area contributed by atoms with Gasteiger partial charge in [-0.3, -0.25) is 4.98 Å². The monoisotopic (exact) mass is 209 g/mol. The van der Waals surface area contributed by atoms with Gasteiger partial charge in [0.1, 0.15) is 5.69 Å². The molecule has 1 rings (SSSR count). The molecule has 0 saturated carbocycles. The van der Waals surface area contributed by atoms with E-state index in [4.69, 9.17) is 16.7 Å². The number of ether oxygens (including phenoxy) is 1. The average Bonchev–Trinajstić information content (AvgIpc) is 2.08. The third-order valence-electron chi connectivity index (χ3n) is 1.29. The van der Waals surface area contributed by atoms with Crippen molar-refractivity contribution < 1.29 is 18.6 Å². The summed E-state index contributed by atoms with van der Waals surface area (Å²) in [6, 6.07) is 1.30. The molecule has 1 aromatic heterocycles. The molecule has 0 unspecified atom stereocenters. The van der Waals surface area contributed by atoms with Gasteiger partial charge in [-0.2, -0.15) is 8.78 Å². The summed E-state index contributed by atoms with van der Waals surface area (Å²) in [6.45, 7) is -3.48. The van der Waals surface area contributed by atoms with Gasteiger partial charge in [0.2, 0.25) is 0 Å². The van der Waals surface area contributed by atoms with Crippen LogP contribution in [0.2, 0.25) is 5.02 Å². The molecule has 0 saturated heterocycles. The van der Waals surface area contributed by atoms with Crippen LogP contribution in [0.15, 0.2) is 12.3 Å². The number of hydrogen-bond donors (Lipinski definition) is 1. The zero-order valence-corrected chi connectivity index (χ0v) is 7.13. The van der Waals surface area contributed by atoms with Gasteiger partial charge in [0, 0.05) is 6.20 Å². The first-order valence-corrected chi connectivity index (χ1v) is 3.72. The summed E-state index contributed by atoms with van der Waals surface area (Å²) in [5.41, 5.74) is -0.00667. The summed E-state index contributed by atoms with van der Waals surface area (Å²) < 4.78 is 27.7. The zero-order valence-electron chi connectivity index (χ0n) is 6.38. The predicted octanol–water partition coefficient (Wildman–Crippen LogP) is 1.83. The molecule has 1 heterocycles. The molecule has 72 valence electrons. The van der Waals surface area contributed by atoms with E-state index in [1.165, 1.54) is 12.3 Å². The van der Waals surface area contributed by atoms with Gasteiger partial charge < -0.3 is 9.84 Å². The van der Waals surface area contributed by atoms with Crippen LogP contribution in [0.1, 0.15) is 5.69 Å². The Balaban J connectivity index is 3.00. The first-order chi connectivity index (χ1) is 6.15. The van der Waals surface area contributed by atoms with E-state index < -0.39 is 13.2 Å². The van der Waals surface area contributed by atoms with Gasteiger partial charge in [-0.15, -0.1) is 0 Å². The number of aromatic nitrogens is 1. The standard InChI is InChI=1S/C7H6ClF2NO2/c8-4-1-2-11-5(3-12)6(4)13-7(9)10/h1-2,7,12H,3H2. The molecule has 1 aromatic rings. The number of halogens is 3. The van der Waals surface area contributed by atoms with Gasteiger partial charge in [0.05, 0.1) is 11.6 Å². The Morgan fingerprint density at radius 3 is 2.85 bits per heavy atom. The lowest BCUT2D eigenvalue weighted by Crippen LogP contribution is -2.06. The molecule has 0 aliphatic carbocycles. The molecular weight excluding hydrogens is 204 g/mol. The minimum Gasteiger partial charge on any atom is -0.431 e. The number of aliphatic hydroxyl groups is 1. The van der Waals surface area contributed by atoms with Crippen LogP contribution in [0.4, 0.5) is 8.78 Å². The lowest BCUT2D eigenvalue weighted by atomic mass is 10.3. The van der Waals surface area contributed by atoms with Gasteiger partial charge in [-0.25, -0.2) is 0 Å². The summed E-state index contributed by atoms with van der Waals surface area (Å²) in [7, 11) is 0. The van der Waals surface area contributed by atoms with E-state index in [0.717, 1.165) is 0 Å². The van der Waals surface area contributed by atoms with Crippen molar-refractivity contribution in [3.8, 4) is 5.75 Å². The lowest BCUT2D eigenvalue weighted by molar-refractivity contribution is -0.0512. The molecule has 3 nitrogen and oxygen atoms in total. The number of pyridine rings is 1. The highest BCUT2D eigenvalue weighted by Gasteiger charge is 2.13. The Bertz CT molecular complexity index is 296. The fourth-order valence-electron chi connectivity index (χ4n) is 0.791.